The summed E-state index contributed by atoms with van der Waals surface area (Å²) in [6.07, 6.45) is 0. The second-order valence-corrected chi connectivity index (χ2v) is 6.62. The minimum atomic E-state index is -0.367. The van der Waals surface area contributed by atoms with E-state index < -0.39 is 0 Å². The Hall–Kier alpha value is -2.82. The van der Waals surface area contributed by atoms with Crippen LogP contribution in [-0.2, 0) is 11.3 Å². The molecule has 0 saturated carbocycles. The monoisotopic (exact) mass is 354 g/mol. The van der Waals surface area contributed by atoms with Gasteiger partial charge in [-0.2, -0.15) is 0 Å². The van der Waals surface area contributed by atoms with Crippen molar-refractivity contribution >= 4 is 17.5 Å². The molecule has 2 amide bonds. The summed E-state index contributed by atoms with van der Waals surface area (Å²) in [6.45, 7) is 8.64. The fourth-order valence-corrected chi connectivity index (χ4v) is 2.71. The Morgan fingerprint density at radius 1 is 1.15 bits per heavy atom. The molecule has 2 aromatic rings. The van der Waals surface area contributed by atoms with Crippen LogP contribution in [0.5, 0.6) is 5.75 Å². The summed E-state index contributed by atoms with van der Waals surface area (Å²) in [6, 6.07) is 12.5. The number of nitrogens with one attached hydrogen (secondary N) is 1. The van der Waals surface area contributed by atoms with Crippen LogP contribution < -0.4 is 5.32 Å². The zero-order valence-corrected chi connectivity index (χ0v) is 15.7. The smallest absolute Gasteiger partial charge is 0.259 e. The molecule has 5 nitrogen and oxygen atoms in total. The summed E-state index contributed by atoms with van der Waals surface area (Å²) in [5.74, 6) is -0.109. The van der Waals surface area contributed by atoms with Crippen molar-refractivity contribution < 1.29 is 14.7 Å². The van der Waals surface area contributed by atoms with E-state index in [1.165, 1.54) is 0 Å². The van der Waals surface area contributed by atoms with Gasteiger partial charge in [-0.3, -0.25) is 9.59 Å². The maximum absolute atomic E-state index is 12.5. The highest BCUT2D eigenvalue weighted by atomic mass is 16.3. The number of carbonyl (C=O) groups is 2. The van der Waals surface area contributed by atoms with Crippen LogP contribution >= 0.6 is 0 Å². The van der Waals surface area contributed by atoms with Crippen LogP contribution in [0.4, 0.5) is 5.69 Å². The maximum atomic E-state index is 12.5. The lowest BCUT2D eigenvalue weighted by atomic mass is 10.0. The highest BCUT2D eigenvalue weighted by molar-refractivity contribution is 6.06. The molecule has 0 aromatic heterocycles. The van der Waals surface area contributed by atoms with Gasteiger partial charge in [0.25, 0.3) is 5.91 Å². The van der Waals surface area contributed by atoms with Crippen molar-refractivity contribution in [3.8, 4) is 5.75 Å². The van der Waals surface area contributed by atoms with Gasteiger partial charge in [0.15, 0.2) is 0 Å². The molecule has 2 rings (SSSR count). The van der Waals surface area contributed by atoms with Gasteiger partial charge in [0.2, 0.25) is 5.91 Å². The van der Waals surface area contributed by atoms with E-state index in [2.05, 4.69) is 5.32 Å². The molecule has 26 heavy (non-hydrogen) atoms. The maximum Gasteiger partial charge on any atom is 0.259 e. The molecule has 0 fully saturated rings. The Balaban J connectivity index is 2.14. The lowest BCUT2D eigenvalue weighted by molar-refractivity contribution is -0.129. The van der Waals surface area contributed by atoms with E-state index in [9.17, 15) is 14.7 Å². The third kappa shape index (κ3) is 4.85. The SMILES string of the molecule is CCN(Cc1cccc(NC(=O)c2ccc(C(C)C)cc2O)c1)C(C)=O. The van der Waals surface area contributed by atoms with Crippen LogP contribution in [0, 0.1) is 0 Å². The number of benzene rings is 2. The third-order valence-electron chi connectivity index (χ3n) is 4.32. The Labute approximate surface area is 154 Å². The molecule has 0 aliphatic rings. The van der Waals surface area contributed by atoms with Gasteiger partial charge < -0.3 is 15.3 Å². The number of phenolic OH excluding ortho intramolecular Hbond substituents is 1. The second-order valence-electron chi connectivity index (χ2n) is 6.62. The summed E-state index contributed by atoms with van der Waals surface area (Å²) >= 11 is 0. The first-order chi connectivity index (χ1) is 12.3. The molecule has 0 spiro atoms. The topological polar surface area (TPSA) is 69.6 Å². The molecule has 0 heterocycles. The van der Waals surface area contributed by atoms with Crippen LogP contribution in [0.25, 0.3) is 0 Å². The largest absolute Gasteiger partial charge is 0.507 e. The van der Waals surface area contributed by atoms with Crippen molar-refractivity contribution in [1.82, 2.24) is 4.90 Å². The molecule has 2 aromatic carbocycles. The number of hydrogen-bond acceptors (Lipinski definition) is 3. The number of carbonyl (C=O) groups excluding carboxylic acids is 2. The standard InChI is InChI=1S/C21H26N2O3/c1-5-23(15(4)24)13-16-7-6-8-18(11-16)22-21(26)19-10-9-17(14(2)3)12-20(19)25/h6-12,14,25H,5,13H2,1-4H3,(H,22,26). The molecule has 0 atom stereocenters. The number of hydrogen-bond donors (Lipinski definition) is 2. The van der Waals surface area contributed by atoms with Crippen LogP contribution in [-0.4, -0.2) is 28.4 Å². The van der Waals surface area contributed by atoms with Crippen molar-refractivity contribution in [3.63, 3.8) is 0 Å². The van der Waals surface area contributed by atoms with E-state index >= 15 is 0 Å². The first-order valence-corrected chi connectivity index (χ1v) is 8.80. The normalized spacial score (nSPS) is 10.7. The lowest BCUT2D eigenvalue weighted by Gasteiger charge is -2.19. The van der Waals surface area contributed by atoms with Gasteiger partial charge in [0.05, 0.1) is 5.56 Å². The highest BCUT2D eigenvalue weighted by Gasteiger charge is 2.14. The van der Waals surface area contributed by atoms with Gasteiger partial charge in [0.1, 0.15) is 5.75 Å². The van der Waals surface area contributed by atoms with E-state index in [0.717, 1.165) is 11.1 Å². The van der Waals surface area contributed by atoms with Gasteiger partial charge in [-0.1, -0.05) is 32.0 Å². The number of phenols is 1. The van der Waals surface area contributed by atoms with Crippen LogP contribution in [0.15, 0.2) is 42.5 Å². The predicted octanol–water partition coefficient (Wildman–Crippen LogP) is 4.14. The third-order valence-corrected chi connectivity index (χ3v) is 4.32. The van der Waals surface area contributed by atoms with Gasteiger partial charge >= 0.3 is 0 Å². The number of anilines is 1. The molecule has 0 aliphatic carbocycles. The van der Waals surface area contributed by atoms with E-state index in [0.29, 0.717) is 18.8 Å². The molecular weight excluding hydrogens is 328 g/mol. The van der Waals surface area contributed by atoms with Gasteiger partial charge in [-0.25, -0.2) is 0 Å². The van der Waals surface area contributed by atoms with Crippen molar-refractivity contribution in [2.75, 3.05) is 11.9 Å². The fourth-order valence-electron chi connectivity index (χ4n) is 2.71. The molecule has 0 radical (unpaired) electrons. The quantitative estimate of drug-likeness (QED) is 0.819. The van der Waals surface area contributed by atoms with Crippen molar-refractivity contribution in [2.24, 2.45) is 0 Å². The number of rotatable bonds is 6. The number of amides is 2. The summed E-state index contributed by atoms with van der Waals surface area (Å²) in [4.78, 5) is 25.8. The van der Waals surface area contributed by atoms with Crippen molar-refractivity contribution in [2.45, 2.75) is 40.2 Å². The summed E-state index contributed by atoms with van der Waals surface area (Å²) in [5, 5.41) is 13.0. The van der Waals surface area contributed by atoms with Crippen LogP contribution in [0.1, 0.15) is 55.1 Å². The van der Waals surface area contributed by atoms with Crippen LogP contribution in [0.3, 0.4) is 0 Å². The summed E-state index contributed by atoms with van der Waals surface area (Å²) < 4.78 is 0. The fraction of sp³-hybridized carbons (Fsp3) is 0.333. The van der Waals surface area contributed by atoms with E-state index in [4.69, 9.17) is 0 Å². The molecular formula is C21H26N2O3. The predicted molar refractivity (Wildman–Crippen MR) is 103 cm³/mol. The zero-order valence-electron chi connectivity index (χ0n) is 15.7. The molecule has 138 valence electrons. The Kier molecular flexibility index (Phi) is 6.39. The van der Waals surface area contributed by atoms with E-state index in [1.807, 2.05) is 45.0 Å². The van der Waals surface area contributed by atoms with Gasteiger partial charge in [-0.05, 0) is 48.2 Å². The second kappa shape index (κ2) is 8.52. The van der Waals surface area contributed by atoms with Crippen molar-refractivity contribution in [3.05, 3.63) is 59.2 Å². The molecule has 0 aliphatic heterocycles. The van der Waals surface area contributed by atoms with Gasteiger partial charge in [0, 0.05) is 25.7 Å². The average Bonchev–Trinajstić information content (AvgIpc) is 2.59. The van der Waals surface area contributed by atoms with E-state index in [-0.39, 0.29) is 29.0 Å². The molecule has 0 saturated heterocycles. The Morgan fingerprint density at radius 2 is 1.88 bits per heavy atom. The van der Waals surface area contributed by atoms with Gasteiger partial charge in [-0.15, -0.1) is 0 Å². The zero-order chi connectivity index (χ0) is 19.3. The van der Waals surface area contributed by atoms with Crippen LogP contribution in [0.2, 0.25) is 0 Å². The first-order valence-electron chi connectivity index (χ1n) is 8.80. The number of nitrogens with zero attached hydrogens (tertiary/aromatic N) is 1. The van der Waals surface area contributed by atoms with E-state index in [1.54, 1.807) is 30.0 Å². The van der Waals surface area contributed by atoms with Crippen molar-refractivity contribution in [1.29, 1.82) is 0 Å². The first kappa shape index (κ1) is 19.5. The molecule has 5 heteroatoms. The molecule has 2 N–H and O–H groups in total. The minimum Gasteiger partial charge on any atom is -0.507 e. The summed E-state index contributed by atoms with van der Waals surface area (Å²) in [5.41, 5.74) is 2.77. The highest BCUT2D eigenvalue weighted by Crippen LogP contribution is 2.24. The molecule has 0 unspecified atom stereocenters. The number of aromatic hydroxyl groups is 1. The molecule has 0 bridgehead atoms. The Bertz CT molecular complexity index is 800. The average molecular weight is 354 g/mol. The lowest BCUT2D eigenvalue weighted by Crippen LogP contribution is -2.27. The minimum absolute atomic E-state index is 0.0112. The Morgan fingerprint density at radius 3 is 2.46 bits per heavy atom. The summed E-state index contributed by atoms with van der Waals surface area (Å²) in [7, 11) is 0.